The molecule has 0 saturated heterocycles. The number of nitrogens with zero attached hydrogens (tertiary/aromatic N) is 1. The third-order valence-electron chi connectivity index (χ3n) is 0.742. The van der Waals surface area contributed by atoms with E-state index in [1.54, 1.807) is 11.8 Å². The van der Waals surface area contributed by atoms with Crippen molar-refractivity contribution in [2.45, 2.75) is 9.92 Å². The van der Waals surface area contributed by atoms with Crippen LogP contribution >= 0.6 is 11.8 Å². The Kier molecular flexibility index (Phi) is 0.283. The van der Waals surface area contributed by atoms with Crippen LogP contribution in [-0.2, 0) is 0 Å². The van der Waals surface area contributed by atoms with Gasteiger partial charge in [-0.2, -0.15) is 5.10 Å². The van der Waals surface area contributed by atoms with Gasteiger partial charge in [0.1, 0.15) is 5.03 Å². The maximum Gasteiger partial charge on any atom is 0.110 e. The van der Waals surface area contributed by atoms with Gasteiger partial charge in [0.15, 0.2) is 0 Å². The normalized spacial score (nSPS) is 14.0. The molecule has 1 N–H and O–H groups in total. The molecule has 0 bridgehead atoms. The number of nitrogens with one attached hydrogen (secondary N) is 1. The van der Waals surface area contributed by atoms with E-state index in [0.29, 0.717) is 0 Å². The number of hydrogen-bond donors (Lipinski definition) is 1. The van der Waals surface area contributed by atoms with Gasteiger partial charge in [0.2, 0.25) is 0 Å². The molecule has 0 aromatic carbocycles. The molecule has 1 aliphatic rings. The van der Waals surface area contributed by atoms with Crippen molar-refractivity contribution in [2.24, 2.45) is 0 Å². The molecule has 6 heavy (non-hydrogen) atoms. The summed E-state index contributed by atoms with van der Waals surface area (Å²) in [6.07, 6.45) is 1.83. The van der Waals surface area contributed by atoms with Gasteiger partial charge in [-0.25, -0.2) is 0 Å². The third-order valence-corrected chi connectivity index (χ3v) is 1.58. The molecule has 1 aliphatic heterocycles. The number of rotatable bonds is 0. The van der Waals surface area contributed by atoms with Gasteiger partial charge in [-0.3, -0.25) is 5.10 Å². The average molecular weight is 98.1 g/mol. The summed E-state index contributed by atoms with van der Waals surface area (Å²) in [5.41, 5.74) is 0. The van der Waals surface area contributed by atoms with Gasteiger partial charge in [0, 0.05) is 0 Å². The Hall–Kier alpha value is -0.440. The minimum atomic E-state index is 1.23. The van der Waals surface area contributed by atoms with Crippen molar-refractivity contribution in [1.29, 1.82) is 0 Å². The van der Waals surface area contributed by atoms with Gasteiger partial charge < -0.3 is 0 Å². The molecule has 0 fully saturated rings. The number of fused-ring (bicyclic) bond motifs is 1. The first-order chi connectivity index (χ1) is 2.97. The van der Waals surface area contributed by atoms with Gasteiger partial charge >= 0.3 is 0 Å². The fraction of sp³-hybridized carbons (Fsp3) is 0. The Balaban J connectivity index is 2.88. The minimum Gasteiger partial charge on any atom is -0.270 e. The Morgan fingerprint density at radius 1 is 1.83 bits per heavy atom. The second kappa shape index (κ2) is 0.632. The highest BCUT2D eigenvalue weighted by Crippen LogP contribution is 2.45. The highest BCUT2D eigenvalue weighted by Gasteiger charge is 2.19. The monoisotopic (exact) mass is 98.0 g/mol. The summed E-state index contributed by atoms with van der Waals surface area (Å²) in [6, 6.07) is 0. The van der Waals surface area contributed by atoms with Crippen LogP contribution in [0.1, 0.15) is 0 Å². The van der Waals surface area contributed by atoms with Crippen molar-refractivity contribution in [3.05, 3.63) is 6.20 Å². The number of aromatic amines is 1. The second-order valence-electron chi connectivity index (χ2n) is 1.17. The van der Waals surface area contributed by atoms with E-state index in [-0.39, 0.29) is 0 Å². The zero-order valence-electron chi connectivity index (χ0n) is 2.93. The van der Waals surface area contributed by atoms with Crippen LogP contribution in [-0.4, -0.2) is 10.2 Å². The zero-order chi connectivity index (χ0) is 3.98. The molecular weight excluding hydrogens is 96.1 g/mol. The van der Waals surface area contributed by atoms with Crippen LogP contribution in [0, 0.1) is 0 Å². The molecular formula is C3H2N2S. The Bertz CT molecular complexity index is 153. The van der Waals surface area contributed by atoms with Crippen molar-refractivity contribution in [2.75, 3.05) is 0 Å². The molecule has 2 heterocycles. The molecule has 0 radical (unpaired) electrons. The summed E-state index contributed by atoms with van der Waals surface area (Å²) in [6.45, 7) is 0. The Morgan fingerprint density at radius 3 is 3.00 bits per heavy atom. The van der Waals surface area contributed by atoms with Crippen LogP contribution in [0.4, 0.5) is 0 Å². The lowest BCUT2D eigenvalue weighted by atomic mass is 10.8. The smallest absolute Gasteiger partial charge is 0.110 e. The van der Waals surface area contributed by atoms with Gasteiger partial charge in [0.25, 0.3) is 0 Å². The van der Waals surface area contributed by atoms with E-state index in [2.05, 4.69) is 10.2 Å². The van der Waals surface area contributed by atoms with E-state index in [4.69, 9.17) is 0 Å². The molecule has 1 aromatic rings. The van der Waals surface area contributed by atoms with Crippen molar-refractivity contribution in [3.63, 3.8) is 0 Å². The fourth-order valence-corrected chi connectivity index (χ4v) is 0.868. The highest BCUT2D eigenvalue weighted by atomic mass is 32.2. The van der Waals surface area contributed by atoms with Crippen LogP contribution in [0.2, 0.25) is 0 Å². The zero-order valence-corrected chi connectivity index (χ0v) is 3.75. The van der Waals surface area contributed by atoms with Gasteiger partial charge in [-0.15, -0.1) is 0 Å². The molecule has 2 rings (SSSR count). The van der Waals surface area contributed by atoms with E-state index in [1.807, 2.05) is 6.20 Å². The summed E-state index contributed by atoms with van der Waals surface area (Å²) >= 11 is 1.75. The largest absolute Gasteiger partial charge is 0.270 e. The molecule has 0 unspecified atom stereocenters. The van der Waals surface area contributed by atoms with Crippen molar-refractivity contribution in [1.82, 2.24) is 10.2 Å². The Morgan fingerprint density at radius 2 is 2.83 bits per heavy atom. The van der Waals surface area contributed by atoms with Crippen LogP contribution in [0.15, 0.2) is 16.1 Å². The highest BCUT2D eigenvalue weighted by molar-refractivity contribution is 8.04. The molecule has 2 nitrogen and oxygen atoms in total. The van der Waals surface area contributed by atoms with Crippen LogP contribution < -0.4 is 0 Å². The lowest BCUT2D eigenvalue weighted by Gasteiger charge is -1.61. The van der Waals surface area contributed by atoms with Crippen LogP contribution in [0.25, 0.3) is 0 Å². The first-order valence-electron chi connectivity index (χ1n) is 1.68. The quantitative estimate of drug-likeness (QED) is 0.495. The molecule has 0 atom stereocenters. The molecule has 30 valence electrons. The summed E-state index contributed by atoms with van der Waals surface area (Å²) in [4.78, 5) is 1.30. The minimum absolute atomic E-state index is 1.23. The lowest BCUT2D eigenvalue weighted by molar-refractivity contribution is 1.01. The third kappa shape index (κ3) is 0.175. The van der Waals surface area contributed by atoms with E-state index in [0.717, 1.165) is 0 Å². The van der Waals surface area contributed by atoms with Gasteiger partial charge in [-0.1, -0.05) is 11.8 Å². The van der Waals surface area contributed by atoms with Crippen molar-refractivity contribution < 1.29 is 0 Å². The standard InChI is InChI=1S/C3H2N2S/c1-2-3(6-2)5-4-1/h1H,(H,4,5). The predicted octanol–water partition coefficient (Wildman–Crippen LogP) is 0.874. The lowest BCUT2D eigenvalue weighted by Crippen LogP contribution is -1.59. The first-order valence-corrected chi connectivity index (χ1v) is 2.50. The molecule has 0 spiro atoms. The second-order valence-corrected chi connectivity index (χ2v) is 2.22. The van der Waals surface area contributed by atoms with Gasteiger partial charge in [0.05, 0.1) is 11.1 Å². The van der Waals surface area contributed by atoms with Crippen LogP contribution in [0.5, 0.6) is 0 Å². The number of H-pyrrole nitrogens is 1. The molecule has 0 amide bonds. The Labute approximate surface area is 38.9 Å². The van der Waals surface area contributed by atoms with E-state index in [9.17, 15) is 0 Å². The average Bonchev–Trinajstić information content (AvgIpc) is 2.17. The molecule has 3 heteroatoms. The predicted molar refractivity (Wildman–Crippen MR) is 22.7 cm³/mol. The fourth-order valence-electron chi connectivity index (χ4n) is 0.397. The SMILES string of the molecule is c1n[nH]c2c1S2. The van der Waals surface area contributed by atoms with Crippen molar-refractivity contribution in [3.8, 4) is 0 Å². The topological polar surface area (TPSA) is 28.7 Å². The number of hydrogen-bond acceptors (Lipinski definition) is 2. The summed E-state index contributed by atoms with van der Waals surface area (Å²) in [7, 11) is 0. The van der Waals surface area contributed by atoms with Gasteiger partial charge in [-0.05, 0) is 0 Å². The molecule has 0 aliphatic carbocycles. The summed E-state index contributed by atoms with van der Waals surface area (Å²) < 4.78 is 0. The van der Waals surface area contributed by atoms with E-state index >= 15 is 0 Å². The molecule has 0 saturated carbocycles. The maximum atomic E-state index is 3.74. The number of aromatic nitrogens is 2. The molecule has 1 aromatic heterocycles. The van der Waals surface area contributed by atoms with E-state index < -0.39 is 0 Å². The first kappa shape index (κ1) is 2.69. The van der Waals surface area contributed by atoms with Crippen molar-refractivity contribution >= 4 is 11.8 Å². The van der Waals surface area contributed by atoms with Crippen LogP contribution in [0.3, 0.4) is 0 Å². The maximum absolute atomic E-state index is 3.74. The van der Waals surface area contributed by atoms with E-state index in [1.165, 1.54) is 9.92 Å². The summed E-state index contributed by atoms with van der Waals surface area (Å²) in [5, 5.41) is 7.78. The summed E-state index contributed by atoms with van der Waals surface area (Å²) in [5.74, 6) is 0.